The van der Waals surface area contributed by atoms with Gasteiger partial charge in [-0.2, -0.15) is 0 Å². The first-order valence-electron chi connectivity index (χ1n) is 6.18. The molecule has 1 rings (SSSR count). The molecule has 1 amide bonds. The number of primary amides is 1. The molecule has 0 spiro atoms. The lowest BCUT2D eigenvalue weighted by Gasteiger charge is -2.30. The van der Waals surface area contributed by atoms with E-state index in [9.17, 15) is 4.79 Å². The van der Waals surface area contributed by atoms with Crippen LogP contribution in [0.15, 0.2) is 0 Å². The summed E-state index contributed by atoms with van der Waals surface area (Å²) in [5.41, 5.74) is 5.23. The van der Waals surface area contributed by atoms with Crippen LogP contribution in [0.5, 0.6) is 0 Å². The van der Waals surface area contributed by atoms with Gasteiger partial charge in [-0.05, 0) is 38.5 Å². The standard InChI is InChI=1S/C12H24N2O/c1-3-4-10-5-7-11(8-6-10)14-9(2)12(13)15/h9-11,14H,3-8H2,1-2H3,(H2,13,15). The van der Waals surface area contributed by atoms with Crippen molar-refractivity contribution < 1.29 is 4.79 Å². The van der Waals surface area contributed by atoms with Crippen molar-refractivity contribution in [3.05, 3.63) is 0 Å². The van der Waals surface area contributed by atoms with Crippen LogP contribution < -0.4 is 11.1 Å². The molecule has 0 aromatic rings. The Morgan fingerprint density at radius 1 is 1.40 bits per heavy atom. The first-order valence-corrected chi connectivity index (χ1v) is 6.18. The van der Waals surface area contributed by atoms with Crippen LogP contribution in [0.1, 0.15) is 52.4 Å². The summed E-state index contributed by atoms with van der Waals surface area (Å²) in [6, 6.07) is 0.318. The van der Waals surface area contributed by atoms with E-state index in [0.29, 0.717) is 6.04 Å². The van der Waals surface area contributed by atoms with Crippen LogP contribution in [0.3, 0.4) is 0 Å². The van der Waals surface area contributed by atoms with E-state index in [0.717, 1.165) is 5.92 Å². The Labute approximate surface area is 92.8 Å². The Morgan fingerprint density at radius 2 is 2.00 bits per heavy atom. The Morgan fingerprint density at radius 3 is 2.47 bits per heavy atom. The van der Waals surface area contributed by atoms with E-state index in [2.05, 4.69) is 12.2 Å². The Bertz CT molecular complexity index is 198. The van der Waals surface area contributed by atoms with E-state index in [1.54, 1.807) is 0 Å². The highest BCUT2D eigenvalue weighted by Crippen LogP contribution is 2.27. The molecule has 0 aliphatic heterocycles. The average Bonchev–Trinajstić information content (AvgIpc) is 2.21. The second kappa shape index (κ2) is 6.11. The van der Waals surface area contributed by atoms with Gasteiger partial charge in [0.25, 0.3) is 0 Å². The quantitative estimate of drug-likeness (QED) is 0.730. The van der Waals surface area contributed by atoms with E-state index >= 15 is 0 Å². The molecule has 3 N–H and O–H groups in total. The Balaban J connectivity index is 2.22. The molecule has 0 aromatic carbocycles. The maximum Gasteiger partial charge on any atom is 0.234 e. The minimum atomic E-state index is -0.245. The van der Waals surface area contributed by atoms with E-state index in [-0.39, 0.29) is 11.9 Å². The first-order chi connectivity index (χ1) is 7.13. The topological polar surface area (TPSA) is 55.1 Å². The molecule has 1 fully saturated rings. The summed E-state index contributed by atoms with van der Waals surface area (Å²) < 4.78 is 0. The van der Waals surface area contributed by atoms with Crippen LogP contribution in [0.25, 0.3) is 0 Å². The molecule has 1 saturated carbocycles. The molecule has 1 atom stereocenters. The molecule has 3 nitrogen and oxygen atoms in total. The highest BCUT2D eigenvalue weighted by atomic mass is 16.1. The lowest BCUT2D eigenvalue weighted by Crippen LogP contribution is -2.45. The first kappa shape index (κ1) is 12.5. The van der Waals surface area contributed by atoms with Gasteiger partial charge in [0.05, 0.1) is 6.04 Å². The maximum absolute atomic E-state index is 10.9. The maximum atomic E-state index is 10.9. The number of rotatable bonds is 5. The van der Waals surface area contributed by atoms with Crippen LogP contribution in [0.2, 0.25) is 0 Å². The lowest BCUT2D eigenvalue weighted by atomic mass is 9.83. The summed E-state index contributed by atoms with van der Waals surface area (Å²) >= 11 is 0. The molecule has 0 radical (unpaired) electrons. The van der Waals surface area contributed by atoms with Gasteiger partial charge < -0.3 is 11.1 Å². The van der Waals surface area contributed by atoms with Crippen molar-refractivity contribution in [2.75, 3.05) is 0 Å². The van der Waals surface area contributed by atoms with Crippen molar-refractivity contribution in [1.82, 2.24) is 5.32 Å². The summed E-state index contributed by atoms with van der Waals surface area (Å²) in [5, 5.41) is 3.31. The van der Waals surface area contributed by atoms with Gasteiger partial charge in [-0.25, -0.2) is 0 Å². The van der Waals surface area contributed by atoms with Gasteiger partial charge in [0.2, 0.25) is 5.91 Å². The predicted octanol–water partition coefficient (Wildman–Crippen LogP) is 1.81. The van der Waals surface area contributed by atoms with Crippen LogP contribution in [0, 0.1) is 5.92 Å². The zero-order chi connectivity index (χ0) is 11.3. The summed E-state index contributed by atoms with van der Waals surface area (Å²) in [6.07, 6.45) is 7.65. The van der Waals surface area contributed by atoms with Crippen molar-refractivity contribution in [1.29, 1.82) is 0 Å². The number of nitrogens with two attached hydrogens (primary N) is 1. The van der Waals surface area contributed by atoms with Gasteiger partial charge in [0.15, 0.2) is 0 Å². The second-order valence-corrected chi connectivity index (χ2v) is 4.80. The van der Waals surface area contributed by atoms with Gasteiger partial charge in [0.1, 0.15) is 0 Å². The second-order valence-electron chi connectivity index (χ2n) is 4.80. The fourth-order valence-corrected chi connectivity index (χ4v) is 2.46. The van der Waals surface area contributed by atoms with Gasteiger partial charge >= 0.3 is 0 Å². The van der Waals surface area contributed by atoms with E-state index < -0.39 is 0 Å². The largest absolute Gasteiger partial charge is 0.368 e. The molecule has 0 saturated heterocycles. The van der Waals surface area contributed by atoms with Crippen LogP contribution in [-0.2, 0) is 4.79 Å². The van der Waals surface area contributed by atoms with Crippen molar-refractivity contribution in [3.8, 4) is 0 Å². The number of carbonyl (C=O) groups is 1. The highest BCUT2D eigenvalue weighted by Gasteiger charge is 2.22. The molecular weight excluding hydrogens is 188 g/mol. The van der Waals surface area contributed by atoms with Crippen molar-refractivity contribution in [2.24, 2.45) is 11.7 Å². The highest BCUT2D eigenvalue weighted by molar-refractivity contribution is 5.79. The number of nitrogens with one attached hydrogen (secondary N) is 1. The third-order valence-corrected chi connectivity index (χ3v) is 3.46. The van der Waals surface area contributed by atoms with E-state index in [1.165, 1.54) is 38.5 Å². The number of carbonyl (C=O) groups excluding carboxylic acids is 1. The third kappa shape index (κ3) is 4.20. The predicted molar refractivity (Wildman–Crippen MR) is 62.4 cm³/mol. The van der Waals surface area contributed by atoms with Crippen molar-refractivity contribution >= 4 is 5.91 Å². The number of amides is 1. The monoisotopic (exact) mass is 212 g/mol. The summed E-state index contributed by atoms with van der Waals surface area (Å²) in [7, 11) is 0. The molecule has 0 aromatic heterocycles. The number of hydrogen-bond donors (Lipinski definition) is 2. The molecule has 0 heterocycles. The zero-order valence-corrected chi connectivity index (χ0v) is 9.96. The molecule has 0 bridgehead atoms. The third-order valence-electron chi connectivity index (χ3n) is 3.46. The fraction of sp³-hybridized carbons (Fsp3) is 0.917. The van der Waals surface area contributed by atoms with Crippen LogP contribution in [-0.4, -0.2) is 18.0 Å². The molecule has 88 valence electrons. The van der Waals surface area contributed by atoms with E-state index in [4.69, 9.17) is 5.73 Å². The Kier molecular flexibility index (Phi) is 5.09. The van der Waals surface area contributed by atoms with Crippen molar-refractivity contribution in [2.45, 2.75) is 64.5 Å². The molecule has 15 heavy (non-hydrogen) atoms. The minimum Gasteiger partial charge on any atom is -0.368 e. The fourth-order valence-electron chi connectivity index (χ4n) is 2.46. The molecule has 3 heteroatoms. The Hall–Kier alpha value is -0.570. The van der Waals surface area contributed by atoms with E-state index in [1.807, 2.05) is 6.92 Å². The van der Waals surface area contributed by atoms with Crippen molar-refractivity contribution in [3.63, 3.8) is 0 Å². The number of hydrogen-bond acceptors (Lipinski definition) is 2. The molecule has 1 unspecified atom stereocenters. The minimum absolute atomic E-state index is 0.183. The van der Waals surface area contributed by atoms with Gasteiger partial charge in [0, 0.05) is 6.04 Å². The molecular formula is C12H24N2O. The SMILES string of the molecule is CCCC1CCC(NC(C)C(N)=O)CC1. The lowest BCUT2D eigenvalue weighted by molar-refractivity contribution is -0.119. The summed E-state index contributed by atoms with van der Waals surface area (Å²) in [6.45, 7) is 4.10. The van der Waals surface area contributed by atoms with Crippen LogP contribution >= 0.6 is 0 Å². The van der Waals surface area contributed by atoms with Crippen LogP contribution in [0.4, 0.5) is 0 Å². The van der Waals surface area contributed by atoms with Gasteiger partial charge in [-0.1, -0.05) is 19.8 Å². The summed E-state index contributed by atoms with van der Waals surface area (Å²) in [5.74, 6) is 0.669. The zero-order valence-electron chi connectivity index (χ0n) is 9.96. The summed E-state index contributed by atoms with van der Waals surface area (Å²) in [4.78, 5) is 10.9. The van der Waals surface area contributed by atoms with Gasteiger partial charge in [-0.3, -0.25) is 4.79 Å². The smallest absolute Gasteiger partial charge is 0.234 e. The van der Waals surface area contributed by atoms with Gasteiger partial charge in [-0.15, -0.1) is 0 Å². The molecule has 1 aliphatic rings. The average molecular weight is 212 g/mol. The normalized spacial score (nSPS) is 28.7. The molecule has 1 aliphatic carbocycles.